The molecule has 1 amide bonds. The molecule has 0 saturated carbocycles. The van der Waals surface area contributed by atoms with E-state index in [9.17, 15) is 4.79 Å². The van der Waals surface area contributed by atoms with E-state index in [2.05, 4.69) is 20.5 Å². The fraction of sp³-hybridized carbons (Fsp3) is 0.250. The van der Waals surface area contributed by atoms with Gasteiger partial charge in [0.25, 0.3) is 5.91 Å². The summed E-state index contributed by atoms with van der Waals surface area (Å²) in [6.45, 7) is 1.72. The number of nitrogens with one attached hydrogen (secondary N) is 2. The van der Waals surface area contributed by atoms with E-state index in [0.29, 0.717) is 23.0 Å². The number of H-pyrrole nitrogens is 1. The Morgan fingerprint density at radius 2 is 2.11 bits per heavy atom. The van der Waals surface area contributed by atoms with Crippen molar-refractivity contribution in [2.75, 3.05) is 19.5 Å². The molecule has 0 aliphatic heterocycles. The highest BCUT2D eigenvalue weighted by molar-refractivity contribution is 6.02. The zero-order valence-electron chi connectivity index (χ0n) is 10.9. The summed E-state index contributed by atoms with van der Waals surface area (Å²) in [5, 5.41) is 9.08. The van der Waals surface area contributed by atoms with Crippen LogP contribution in [0.3, 0.4) is 0 Å². The Kier molecular flexibility index (Phi) is 3.65. The van der Waals surface area contributed by atoms with E-state index in [1.54, 1.807) is 32.2 Å². The second kappa shape index (κ2) is 5.38. The predicted molar refractivity (Wildman–Crippen MR) is 68.6 cm³/mol. The van der Waals surface area contributed by atoms with Gasteiger partial charge in [-0.2, -0.15) is 0 Å². The summed E-state index contributed by atoms with van der Waals surface area (Å²) in [5.41, 5.74) is 0.495. The van der Waals surface area contributed by atoms with Crippen molar-refractivity contribution in [2.24, 2.45) is 0 Å². The van der Waals surface area contributed by atoms with Gasteiger partial charge in [0.2, 0.25) is 5.82 Å². The smallest absolute Gasteiger partial charge is 0.295 e. The number of aryl methyl sites for hydroxylation is 1. The Hall–Kier alpha value is -2.57. The first-order valence-corrected chi connectivity index (χ1v) is 5.56. The minimum atomic E-state index is -0.420. The molecule has 1 aromatic heterocycles. The van der Waals surface area contributed by atoms with Crippen LogP contribution in [0.2, 0.25) is 0 Å². The van der Waals surface area contributed by atoms with Crippen molar-refractivity contribution >= 4 is 11.6 Å². The van der Waals surface area contributed by atoms with Gasteiger partial charge in [0.15, 0.2) is 0 Å². The van der Waals surface area contributed by atoms with Crippen LogP contribution in [0, 0.1) is 6.92 Å². The van der Waals surface area contributed by atoms with Crippen LogP contribution in [0.15, 0.2) is 18.2 Å². The first-order valence-electron chi connectivity index (χ1n) is 5.56. The minimum absolute atomic E-state index is 0.0716. The number of amides is 1. The normalized spacial score (nSPS) is 10.1. The molecule has 0 unspecified atom stereocenters. The van der Waals surface area contributed by atoms with E-state index in [1.807, 2.05) is 0 Å². The molecule has 0 bridgehead atoms. The number of hydrogen-bond donors (Lipinski definition) is 2. The molecule has 19 heavy (non-hydrogen) atoms. The standard InChI is InChI=1S/C12H14N4O3/c1-7-13-11(16-15-7)12(17)14-9-6-8(18-2)4-5-10(9)19-3/h4-6H,1-3H3,(H,14,17)(H,13,15,16). The molecule has 0 aliphatic carbocycles. The van der Waals surface area contributed by atoms with Crippen LogP contribution in [-0.2, 0) is 0 Å². The highest BCUT2D eigenvalue weighted by Gasteiger charge is 2.14. The van der Waals surface area contributed by atoms with Crippen molar-refractivity contribution in [1.29, 1.82) is 0 Å². The van der Waals surface area contributed by atoms with Crippen LogP contribution in [0.1, 0.15) is 16.4 Å². The van der Waals surface area contributed by atoms with E-state index in [4.69, 9.17) is 9.47 Å². The highest BCUT2D eigenvalue weighted by Crippen LogP contribution is 2.29. The van der Waals surface area contributed by atoms with E-state index >= 15 is 0 Å². The number of rotatable bonds is 4. The first kappa shape index (κ1) is 12.9. The van der Waals surface area contributed by atoms with Gasteiger partial charge < -0.3 is 14.8 Å². The SMILES string of the molecule is COc1ccc(OC)c(NC(=O)c2n[nH]c(C)n2)c1. The number of methoxy groups -OCH3 is 2. The third-order valence-corrected chi connectivity index (χ3v) is 2.46. The lowest BCUT2D eigenvalue weighted by molar-refractivity contribution is 0.101. The zero-order chi connectivity index (χ0) is 13.8. The molecule has 0 atom stereocenters. The molecular formula is C12H14N4O3. The molecule has 0 radical (unpaired) electrons. The van der Waals surface area contributed by atoms with Crippen LogP contribution in [0.5, 0.6) is 11.5 Å². The summed E-state index contributed by atoms with van der Waals surface area (Å²) in [7, 11) is 3.07. The quantitative estimate of drug-likeness (QED) is 0.869. The summed E-state index contributed by atoms with van der Waals surface area (Å²) in [6, 6.07) is 5.11. The maximum atomic E-state index is 11.9. The number of aromatic amines is 1. The monoisotopic (exact) mass is 262 g/mol. The Morgan fingerprint density at radius 3 is 2.68 bits per heavy atom. The van der Waals surface area contributed by atoms with Crippen molar-refractivity contribution in [3.63, 3.8) is 0 Å². The van der Waals surface area contributed by atoms with Gasteiger partial charge in [0.1, 0.15) is 17.3 Å². The van der Waals surface area contributed by atoms with Crippen molar-refractivity contribution in [3.8, 4) is 11.5 Å². The molecule has 0 saturated heterocycles. The fourth-order valence-corrected chi connectivity index (χ4v) is 1.53. The number of ether oxygens (including phenoxy) is 2. The van der Waals surface area contributed by atoms with Gasteiger partial charge in [-0.15, -0.1) is 5.10 Å². The Bertz CT molecular complexity index is 594. The van der Waals surface area contributed by atoms with E-state index < -0.39 is 5.91 Å². The summed E-state index contributed by atoms with van der Waals surface area (Å²) in [6.07, 6.45) is 0. The van der Waals surface area contributed by atoms with Crippen LogP contribution < -0.4 is 14.8 Å². The molecule has 2 aromatic rings. The number of anilines is 1. The number of nitrogens with zero attached hydrogens (tertiary/aromatic N) is 2. The summed E-state index contributed by atoms with van der Waals surface area (Å²) < 4.78 is 10.3. The number of carbonyl (C=O) groups is 1. The van der Waals surface area contributed by atoms with Crippen LogP contribution in [-0.4, -0.2) is 35.3 Å². The molecule has 2 rings (SSSR count). The summed E-state index contributed by atoms with van der Waals surface area (Å²) in [5.74, 6) is 1.37. The van der Waals surface area contributed by atoms with Crippen LogP contribution in [0.4, 0.5) is 5.69 Å². The molecule has 1 aromatic carbocycles. The highest BCUT2D eigenvalue weighted by atomic mass is 16.5. The summed E-state index contributed by atoms with van der Waals surface area (Å²) >= 11 is 0. The lowest BCUT2D eigenvalue weighted by Crippen LogP contribution is -2.14. The van der Waals surface area contributed by atoms with Gasteiger partial charge in [-0.1, -0.05) is 0 Å². The average Bonchev–Trinajstić information content (AvgIpc) is 2.85. The van der Waals surface area contributed by atoms with Gasteiger partial charge in [-0.25, -0.2) is 4.98 Å². The maximum Gasteiger partial charge on any atom is 0.295 e. The van der Waals surface area contributed by atoms with Crippen molar-refractivity contribution in [3.05, 3.63) is 29.8 Å². The lowest BCUT2D eigenvalue weighted by Gasteiger charge is -2.10. The third kappa shape index (κ3) is 2.82. The number of benzene rings is 1. The van der Waals surface area contributed by atoms with E-state index in [1.165, 1.54) is 7.11 Å². The predicted octanol–water partition coefficient (Wildman–Crippen LogP) is 1.38. The van der Waals surface area contributed by atoms with Gasteiger partial charge in [0.05, 0.1) is 19.9 Å². The largest absolute Gasteiger partial charge is 0.497 e. The van der Waals surface area contributed by atoms with Gasteiger partial charge in [-0.05, 0) is 19.1 Å². The molecule has 0 aliphatic rings. The topological polar surface area (TPSA) is 89.1 Å². The molecule has 0 fully saturated rings. The molecule has 0 spiro atoms. The molecule has 2 N–H and O–H groups in total. The van der Waals surface area contributed by atoms with Crippen molar-refractivity contribution < 1.29 is 14.3 Å². The fourth-order valence-electron chi connectivity index (χ4n) is 1.53. The van der Waals surface area contributed by atoms with Crippen molar-refractivity contribution in [1.82, 2.24) is 15.2 Å². The zero-order valence-corrected chi connectivity index (χ0v) is 10.9. The van der Waals surface area contributed by atoms with Gasteiger partial charge in [-0.3, -0.25) is 9.89 Å². The molecular weight excluding hydrogens is 248 g/mol. The molecule has 1 heterocycles. The Morgan fingerprint density at radius 1 is 1.32 bits per heavy atom. The lowest BCUT2D eigenvalue weighted by atomic mass is 10.2. The van der Waals surface area contributed by atoms with Crippen LogP contribution in [0.25, 0.3) is 0 Å². The first-order chi connectivity index (χ1) is 9.13. The maximum absolute atomic E-state index is 11.9. The summed E-state index contributed by atoms with van der Waals surface area (Å²) in [4.78, 5) is 15.9. The minimum Gasteiger partial charge on any atom is -0.497 e. The second-order valence-corrected chi connectivity index (χ2v) is 3.76. The molecule has 7 nitrogen and oxygen atoms in total. The van der Waals surface area contributed by atoms with Crippen molar-refractivity contribution in [2.45, 2.75) is 6.92 Å². The second-order valence-electron chi connectivity index (χ2n) is 3.76. The molecule has 100 valence electrons. The van der Waals surface area contributed by atoms with Crippen LogP contribution >= 0.6 is 0 Å². The molecule has 7 heteroatoms. The number of carbonyl (C=O) groups excluding carboxylic acids is 1. The van der Waals surface area contributed by atoms with Gasteiger partial charge >= 0.3 is 0 Å². The van der Waals surface area contributed by atoms with E-state index in [0.717, 1.165) is 0 Å². The average molecular weight is 262 g/mol. The van der Waals surface area contributed by atoms with E-state index in [-0.39, 0.29) is 5.82 Å². The Labute approximate surface area is 110 Å². The van der Waals surface area contributed by atoms with Gasteiger partial charge in [0, 0.05) is 6.07 Å². The number of aromatic nitrogens is 3. The number of hydrogen-bond acceptors (Lipinski definition) is 5. The Balaban J connectivity index is 2.24. The third-order valence-electron chi connectivity index (χ3n) is 2.46.